The Bertz CT molecular complexity index is 1140. The van der Waals surface area contributed by atoms with Crippen molar-refractivity contribution in [3.05, 3.63) is 89.0 Å². The molecule has 35 heavy (non-hydrogen) atoms. The van der Waals surface area contributed by atoms with Gasteiger partial charge in [-0.25, -0.2) is 0 Å². The first-order valence-corrected chi connectivity index (χ1v) is 12.2. The van der Waals surface area contributed by atoms with Crippen LogP contribution >= 0.6 is 0 Å². The summed E-state index contributed by atoms with van der Waals surface area (Å²) in [5.41, 5.74) is 6.09. The van der Waals surface area contributed by atoms with E-state index in [1.54, 1.807) is 14.0 Å². The fraction of sp³-hybridized carbons (Fsp3) is 0.333. The number of hydrogen-bond donors (Lipinski definition) is 0. The fourth-order valence-corrected chi connectivity index (χ4v) is 4.21. The Labute approximate surface area is 208 Å². The summed E-state index contributed by atoms with van der Waals surface area (Å²) >= 11 is 0. The summed E-state index contributed by atoms with van der Waals surface area (Å²) in [6.45, 7) is 7.35. The van der Waals surface area contributed by atoms with E-state index in [0.717, 1.165) is 45.6 Å². The number of aryl methyl sites for hydroxylation is 2. The van der Waals surface area contributed by atoms with Crippen molar-refractivity contribution >= 4 is 11.9 Å². The maximum atomic E-state index is 13.1. The number of ether oxygens (including phenoxy) is 2. The summed E-state index contributed by atoms with van der Waals surface area (Å²) in [5, 5.41) is 0. The largest absolute Gasteiger partial charge is 0.496 e. The second-order valence-corrected chi connectivity index (χ2v) is 8.57. The van der Waals surface area contributed by atoms with Crippen molar-refractivity contribution in [3.63, 3.8) is 0 Å². The summed E-state index contributed by atoms with van der Waals surface area (Å²) in [6, 6.07) is 22.1. The van der Waals surface area contributed by atoms with Crippen LogP contribution in [0.5, 0.6) is 5.75 Å². The lowest BCUT2D eigenvalue weighted by atomic mass is 9.94. The molecule has 184 valence electrons. The average Bonchev–Trinajstić information content (AvgIpc) is 2.86. The fourth-order valence-electron chi connectivity index (χ4n) is 4.21. The van der Waals surface area contributed by atoms with E-state index < -0.39 is 0 Å². The second-order valence-electron chi connectivity index (χ2n) is 8.57. The summed E-state index contributed by atoms with van der Waals surface area (Å²) in [7, 11) is 1.64. The quantitative estimate of drug-likeness (QED) is 0.332. The number of methoxy groups -OCH3 is 1. The van der Waals surface area contributed by atoms with Crippen LogP contribution in [0.15, 0.2) is 66.7 Å². The third-order valence-electron chi connectivity index (χ3n) is 6.03. The molecule has 0 heterocycles. The van der Waals surface area contributed by atoms with Crippen molar-refractivity contribution in [2.75, 3.05) is 20.3 Å². The van der Waals surface area contributed by atoms with Crippen LogP contribution in [0.1, 0.15) is 42.5 Å². The molecule has 5 nitrogen and oxygen atoms in total. The number of benzene rings is 3. The third-order valence-corrected chi connectivity index (χ3v) is 6.03. The minimum Gasteiger partial charge on any atom is -0.496 e. The zero-order valence-electron chi connectivity index (χ0n) is 21.2. The molecule has 0 saturated carbocycles. The Balaban J connectivity index is 1.87. The van der Waals surface area contributed by atoms with Crippen molar-refractivity contribution in [1.29, 1.82) is 0 Å². The van der Waals surface area contributed by atoms with Crippen LogP contribution in [0, 0.1) is 6.92 Å². The summed E-state index contributed by atoms with van der Waals surface area (Å²) in [6.07, 6.45) is 1.39. The van der Waals surface area contributed by atoms with E-state index in [9.17, 15) is 9.59 Å². The molecule has 0 spiro atoms. The van der Waals surface area contributed by atoms with Gasteiger partial charge in [0.25, 0.3) is 0 Å². The number of hydrogen-bond acceptors (Lipinski definition) is 4. The van der Waals surface area contributed by atoms with Gasteiger partial charge in [0.1, 0.15) is 5.75 Å². The smallest absolute Gasteiger partial charge is 0.310 e. The highest BCUT2D eigenvalue weighted by atomic mass is 16.5. The molecule has 1 amide bonds. The van der Waals surface area contributed by atoms with Gasteiger partial charge in [-0.2, -0.15) is 0 Å². The Hall–Kier alpha value is -3.60. The zero-order chi connectivity index (χ0) is 25.2. The number of carbonyl (C=O) groups is 2. The predicted molar refractivity (Wildman–Crippen MR) is 139 cm³/mol. The van der Waals surface area contributed by atoms with Gasteiger partial charge >= 0.3 is 5.97 Å². The molecule has 0 saturated heterocycles. The van der Waals surface area contributed by atoms with Gasteiger partial charge in [0.2, 0.25) is 5.91 Å². The summed E-state index contributed by atoms with van der Waals surface area (Å²) in [5.74, 6) is 0.599. The first kappa shape index (κ1) is 26.0. The van der Waals surface area contributed by atoms with E-state index in [0.29, 0.717) is 26.1 Å². The predicted octanol–water partition coefficient (Wildman–Crippen LogP) is 5.76. The van der Waals surface area contributed by atoms with Crippen molar-refractivity contribution in [2.24, 2.45) is 0 Å². The van der Waals surface area contributed by atoms with Crippen molar-refractivity contribution in [2.45, 2.75) is 46.6 Å². The number of rotatable bonds is 11. The van der Waals surface area contributed by atoms with Crippen molar-refractivity contribution in [3.8, 4) is 16.9 Å². The van der Waals surface area contributed by atoms with E-state index >= 15 is 0 Å². The Morgan fingerprint density at radius 2 is 1.66 bits per heavy atom. The molecular formula is C30H35NO4. The lowest BCUT2D eigenvalue weighted by Gasteiger charge is -2.24. The molecule has 0 unspecified atom stereocenters. The number of amides is 1. The number of carbonyl (C=O) groups excluding carboxylic acids is 2. The minimum atomic E-state index is -0.256. The van der Waals surface area contributed by atoms with E-state index in [1.165, 1.54) is 0 Å². The van der Waals surface area contributed by atoms with Gasteiger partial charge in [0.15, 0.2) is 0 Å². The molecule has 3 aromatic carbocycles. The van der Waals surface area contributed by atoms with Crippen LogP contribution in [0.25, 0.3) is 11.1 Å². The molecular weight excluding hydrogens is 438 g/mol. The highest BCUT2D eigenvalue weighted by Crippen LogP contribution is 2.34. The van der Waals surface area contributed by atoms with Crippen LogP contribution in [0.3, 0.4) is 0 Å². The van der Waals surface area contributed by atoms with E-state index in [2.05, 4.69) is 37.3 Å². The Morgan fingerprint density at radius 3 is 2.34 bits per heavy atom. The molecule has 3 rings (SSSR count). The molecule has 0 N–H and O–H groups in total. The van der Waals surface area contributed by atoms with Gasteiger partial charge < -0.3 is 14.4 Å². The lowest BCUT2D eigenvalue weighted by molar-refractivity contribution is -0.142. The van der Waals surface area contributed by atoms with Gasteiger partial charge in [-0.1, -0.05) is 60.2 Å². The maximum absolute atomic E-state index is 13.1. The molecule has 0 aliphatic carbocycles. The third kappa shape index (κ3) is 7.19. The molecule has 5 heteroatoms. The molecule has 0 aromatic heterocycles. The van der Waals surface area contributed by atoms with Gasteiger partial charge in [-0.05, 0) is 61.6 Å². The normalized spacial score (nSPS) is 10.6. The molecule has 0 aliphatic heterocycles. The molecule has 0 radical (unpaired) electrons. The molecule has 0 atom stereocenters. The van der Waals surface area contributed by atoms with E-state index in [1.807, 2.05) is 48.2 Å². The minimum absolute atomic E-state index is 0.131. The highest BCUT2D eigenvalue weighted by Gasteiger charge is 2.18. The van der Waals surface area contributed by atoms with Crippen LogP contribution in [-0.4, -0.2) is 37.0 Å². The van der Waals surface area contributed by atoms with Gasteiger partial charge in [-0.15, -0.1) is 0 Å². The van der Waals surface area contributed by atoms with E-state index in [4.69, 9.17) is 9.47 Å². The average molecular weight is 474 g/mol. The summed E-state index contributed by atoms with van der Waals surface area (Å²) in [4.78, 5) is 27.0. The Morgan fingerprint density at radius 1 is 0.886 bits per heavy atom. The summed E-state index contributed by atoms with van der Waals surface area (Å²) < 4.78 is 10.8. The van der Waals surface area contributed by atoms with Crippen LogP contribution in [-0.2, 0) is 33.7 Å². The SMILES string of the molecule is CCOC(=O)Cc1ccc(OC)c(-c2ccc(C)cc2CN(CC)C(=O)CCc2ccccc2)c1. The highest BCUT2D eigenvalue weighted by molar-refractivity contribution is 5.79. The van der Waals surface area contributed by atoms with Gasteiger partial charge in [0, 0.05) is 25.1 Å². The monoisotopic (exact) mass is 473 g/mol. The molecule has 0 bridgehead atoms. The topological polar surface area (TPSA) is 55.8 Å². The second kappa shape index (κ2) is 12.7. The van der Waals surface area contributed by atoms with Crippen molar-refractivity contribution < 1.29 is 19.1 Å². The van der Waals surface area contributed by atoms with Crippen LogP contribution in [0.4, 0.5) is 0 Å². The Kier molecular flexibility index (Phi) is 9.47. The van der Waals surface area contributed by atoms with Gasteiger partial charge in [0.05, 0.1) is 20.1 Å². The van der Waals surface area contributed by atoms with E-state index in [-0.39, 0.29) is 18.3 Å². The number of nitrogens with zero attached hydrogens (tertiary/aromatic N) is 1. The number of esters is 1. The van der Waals surface area contributed by atoms with Crippen LogP contribution < -0.4 is 4.74 Å². The maximum Gasteiger partial charge on any atom is 0.310 e. The molecule has 0 aliphatic rings. The lowest BCUT2D eigenvalue weighted by Crippen LogP contribution is -2.30. The standard InChI is InChI=1S/C30H35NO4/c1-5-31(29(32)17-14-23-10-8-7-9-11-23)21-25-18-22(3)12-15-26(25)27-19-24(13-16-28(27)34-4)20-30(33)35-6-2/h7-13,15-16,18-19H,5-6,14,17,20-21H2,1-4H3. The first-order valence-electron chi connectivity index (χ1n) is 12.2. The first-order chi connectivity index (χ1) is 16.9. The van der Waals surface area contributed by atoms with Crippen LogP contribution in [0.2, 0.25) is 0 Å². The van der Waals surface area contributed by atoms with Gasteiger partial charge in [-0.3, -0.25) is 9.59 Å². The molecule has 3 aromatic rings. The van der Waals surface area contributed by atoms with Crippen molar-refractivity contribution in [1.82, 2.24) is 4.90 Å². The molecule has 0 fully saturated rings. The zero-order valence-corrected chi connectivity index (χ0v) is 21.2.